The Kier molecular flexibility index (Phi) is 8.69. The molecule has 2 fully saturated rings. The highest BCUT2D eigenvalue weighted by atomic mass is 16.3. The average molecular weight is 419 g/mol. The second kappa shape index (κ2) is 11.5. The number of carbonyl (C=O) groups is 1. The largest absolute Gasteiger partial charge is 0.393 e. The number of aliphatic hydroxyl groups is 1. The van der Waals surface area contributed by atoms with Gasteiger partial charge >= 0.3 is 0 Å². The molecule has 3 rings (SSSR count). The second-order valence-electron chi connectivity index (χ2n) is 8.84. The van der Waals surface area contributed by atoms with Crippen molar-refractivity contribution in [3.63, 3.8) is 0 Å². The monoisotopic (exact) mass is 418 g/mol. The van der Waals surface area contributed by atoms with Crippen LogP contribution in [0.2, 0.25) is 0 Å². The molecule has 168 valence electrons. The van der Waals surface area contributed by atoms with Gasteiger partial charge in [0.2, 0.25) is 5.95 Å². The number of hydrogen-bond donors (Lipinski definition) is 4. The van der Waals surface area contributed by atoms with Gasteiger partial charge in [0.15, 0.2) is 0 Å². The van der Waals surface area contributed by atoms with Gasteiger partial charge in [-0.2, -0.15) is 4.98 Å². The van der Waals surface area contributed by atoms with Gasteiger partial charge in [0.25, 0.3) is 5.91 Å². The summed E-state index contributed by atoms with van der Waals surface area (Å²) in [4.78, 5) is 24.3. The predicted molar refractivity (Wildman–Crippen MR) is 120 cm³/mol. The fourth-order valence-electron chi connectivity index (χ4n) is 4.13. The molecule has 4 N–H and O–H groups in total. The summed E-state index contributed by atoms with van der Waals surface area (Å²) in [6.45, 7) is 5.82. The van der Waals surface area contributed by atoms with Crippen molar-refractivity contribution in [3.8, 4) is 0 Å². The zero-order valence-corrected chi connectivity index (χ0v) is 18.5. The lowest BCUT2D eigenvalue weighted by Crippen LogP contribution is -2.37. The Hall–Kier alpha value is -1.93. The van der Waals surface area contributed by atoms with E-state index in [9.17, 15) is 9.90 Å². The summed E-state index contributed by atoms with van der Waals surface area (Å²) in [6, 6.07) is 0.215. The predicted octanol–water partition coefficient (Wildman–Crippen LogP) is 2.48. The summed E-state index contributed by atoms with van der Waals surface area (Å²) in [5.74, 6) is 1.55. The summed E-state index contributed by atoms with van der Waals surface area (Å²) in [6.07, 6.45) is 9.10. The minimum atomic E-state index is -0.211. The molecule has 8 nitrogen and oxygen atoms in total. The fourth-order valence-corrected chi connectivity index (χ4v) is 4.13. The van der Waals surface area contributed by atoms with E-state index in [1.165, 1.54) is 0 Å². The summed E-state index contributed by atoms with van der Waals surface area (Å²) < 4.78 is 0. The number of likely N-dealkylation sites (tertiary alicyclic amines) is 1. The molecule has 0 radical (unpaired) electrons. The third-order valence-corrected chi connectivity index (χ3v) is 6.27. The zero-order chi connectivity index (χ0) is 21.3. The number of rotatable bonds is 9. The van der Waals surface area contributed by atoms with Gasteiger partial charge in [-0.3, -0.25) is 4.79 Å². The third kappa shape index (κ3) is 6.80. The molecule has 1 aliphatic carbocycles. The molecule has 0 bridgehead atoms. The van der Waals surface area contributed by atoms with E-state index in [0.717, 1.165) is 71.0 Å². The van der Waals surface area contributed by atoms with Gasteiger partial charge in [-0.05, 0) is 71.0 Å². The van der Waals surface area contributed by atoms with Crippen molar-refractivity contribution in [1.29, 1.82) is 0 Å². The fraction of sp³-hybridized carbons (Fsp3) is 0.773. The van der Waals surface area contributed by atoms with Crippen molar-refractivity contribution in [2.75, 3.05) is 43.9 Å². The van der Waals surface area contributed by atoms with Crippen molar-refractivity contribution >= 4 is 17.7 Å². The first-order valence-electron chi connectivity index (χ1n) is 11.6. The highest BCUT2D eigenvalue weighted by molar-refractivity contribution is 5.98. The number of aliphatic hydroxyl groups excluding tert-OH is 1. The minimum Gasteiger partial charge on any atom is -0.393 e. The Morgan fingerprint density at radius 1 is 1.20 bits per heavy atom. The molecule has 8 heteroatoms. The maximum Gasteiger partial charge on any atom is 0.256 e. The number of hydrogen-bond acceptors (Lipinski definition) is 7. The second-order valence-corrected chi connectivity index (χ2v) is 8.84. The zero-order valence-electron chi connectivity index (χ0n) is 18.5. The van der Waals surface area contributed by atoms with Crippen LogP contribution in [0.4, 0.5) is 11.8 Å². The van der Waals surface area contributed by atoms with E-state index in [-0.39, 0.29) is 18.1 Å². The van der Waals surface area contributed by atoms with E-state index in [2.05, 4.69) is 44.8 Å². The van der Waals surface area contributed by atoms with Crippen LogP contribution < -0.4 is 16.0 Å². The van der Waals surface area contributed by atoms with Gasteiger partial charge in [-0.15, -0.1) is 0 Å². The van der Waals surface area contributed by atoms with Crippen molar-refractivity contribution < 1.29 is 9.90 Å². The van der Waals surface area contributed by atoms with Crippen molar-refractivity contribution in [3.05, 3.63) is 11.8 Å². The van der Waals surface area contributed by atoms with Gasteiger partial charge in [-0.1, -0.05) is 13.3 Å². The van der Waals surface area contributed by atoms with Crippen LogP contribution in [0, 0.1) is 5.92 Å². The SMILES string of the molecule is CCCCNc1ncc(C(=O)NCC2CCN(C)CC2)c(N[C@H]2CC[C@H](O)CC2)n1. The van der Waals surface area contributed by atoms with Crippen LogP contribution in [0.3, 0.4) is 0 Å². The van der Waals surface area contributed by atoms with E-state index in [1.54, 1.807) is 6.20 Å². The topological polar surface area (TPSA) is 102 Å². The Balaban J connectivity index is 1.65. The van der Waals surface area contributed by atoms with E-state index in [4.69, 9.17) is 0 Å². The molecule has 1 amide bonds. The summed E-state index contributed by atoms with van der Waals surface area (Å²) in [7, 11) is 2.14. The number of unbranched alkanes of at least 4 members (excludes halogenated alkanes) is 1. The maximum atomic E-state index is 12.9. The van der Waals surface area contributed by atoms with Crippen LogP contribution in [0.15, 0.2) is 6.20 Å². The van der Waals surface area contributed by atoms with Gasteiger partial charge in [0.1, 0.15) is 11.4 Å². The van der Waals surface area contributed by atoms with E-state index in [1.807, 2.05) is 0 Å². The number of amides is 1. The molecule has 0 spiro atoms. The van der Waals surface area contributed by atoms with Crippen LogP contribution in [0.1, 0.15) is 68.6 Å². The van der Waals surface area contributed by atoms with Gasteiger partial charge in [0.05, 0.1) is 6.10 Å². The molecule has 1 saturated carbocycles. The van der Waals surface area contributed by atoms with E-state index in [0.29, 0.717) is 29.8 Å². The van der Waals surface area contributed by atoms with Gasteiger partial charge < -0.3 is 26.0 Å². The molecule has 1 aromatic heterocycles. The van der Waals surface area contributed by atoms with Crippen LogP contribution in [0.5, 0.6) is 0 Å². The highest BCUT2D eigenvalue weighted by Crippen LogP contribution is 2.24. The lowest BCUT2D eigenvalue weighted by Gasteiger charge is -2.29. The van der Waals surface area contributed by atoms with Crippen molar-refractivity contribution in [2.24, 2.45) is 5.92 Å². The first kappa shape index (κ1) is 22.7. The molecule has 1 aromatic rings. The minimum absolute atomic E-state index is 0.118. The Bertz CT molecular complexity index is 670. The molecule has 0 atom stereocenters. The van der Waals surface area contributed by atoms with Crippen LogP contribution in [-0.4, -0.2) is 71.3 Å². The number of anilines is 2. The molecule has 30 heavy (non-hydrogen) atoms. The Labute approximate surface area is 180 Å². The maximum absolute atomic E-state index is 12.9. The molecule has 2 aliphatic rings. The van der Waals surface area contributed by atoms with Crippen molar-refractivity contribution in [1.82, 2.24) is 20.2 Å². The van der Waals surface area contributed by atoms with Crippen molar-refractivity contribution in [2.45, 2.75) is 70.4 Å². The third-order valence-electron chi connectivity index (χ3n) is 6.27. The molecule has 1 aliphatic heterocycles. The lowest BCUT2D eigenvalue weighted by atomic mass is 9.93. The van der Waals surface area contributed by atoms with Gasteiger partial charge in [0, 0.05) is 25.3 Å². The number of piperidine rings is 1. The van der Waals surface area contributed by atoms with Crippen LogP contribution >= 0.6 is 0 Å². The average Bonchev–Trinajstić information content (AvgIpc) is 2.75. The standard InChI is InChI=1S/C22H38N6O2/c1-3-4-11-23-22-25-15-19(20(27-22)26-17-5-7-18(29)8-6-17)21(30)24-14-16-9-12-28(2)13-10-16/h15-18,29H,3-14H2,1-2H3,(H,24,30)(H2,23,25,26,27)/t17-,18-. The summed E-state index contributed by atoms with van der Waals surface area (Å²) >= 11 is 0. The molecule has 0 aromatic carbocycles. The quantitative estimate of drug-likeness (QED) is 0.457. The molecular formula is C22H38N6O2. The lowest BCUT2D eigenvalue weighted by molar-refractivity contribution is 0.0938. The number of aromatic nitrogens is 2. The first-order valence-corrected chi connectivity index (χ1v) is 11.6. The Morgan fingerprint density at radius 2 is 1.93 bits per heavy atom. The smallest absolute Gasteiger partial charge is 0.256 e. The van der Waals surface area contributed by atoms with E-state index < -0.39 is 0 Å². The normalized spacial score (nSPS) is 23.2. The number of nitrogens with one attached hydrogen (secondary N) is 3. The summed E-state index contributed by atoms with van der Waals surface area (Å²) in [5.41, 5.74) is 0.495. The Morgan fingerprint density at radius 3 is 2.63 bits per heavy atom. The molecule has 2 heterocycles. The first-order chi connectivity index (χ1) is 14.5. The number of carbonyl (C=O) groups excluding carboxylic acids is 1. The van der Waals surface area contributed by atoms with Crippen LogP contribution in [0.25, 0.3) is 0 Å². The number of nitrogens with zero attached hydrogens (tertiary/aromatic N) is 3. The highest BCUT2D eigenvalue weighted by Gasteiger charge is 2.23. The van der Waals surface area contributed by atoms with E-state index >= 15 is 0 Å². The molecular weight excluding hydrogens is 380 g/mol. The van der Waals surface area contributed by atoms with Crippen LogP contribution in [-0.2, 0) is 0 Å². The molecule has 1 saturated heterocycles. The van der Waals surface area contributed by atoms with Gasteiger partial charge in [-0.25, -0.2) is 4.98 Å². The molecule has 0 unspecified atom stereocenters. The summed E-state index contributed by atoms with van der Waals surface area (Å²) in [5, 5.41) is 19.6.